The van der Waals surface area contributed by atoms with Crippen molar-refractivity contribution in [1.82, 2.24) is 4.98 Å². The van der Waals surface area contributed by atoms with E-state index in [1.54, 1.807) is 30.6 Å². The highest BCUT2D eigenvalue weighted by Gasteiger charge is 2.06. The topological polar surface area (TPSA) is 50.9 Å². The average molecular weight is 333 g/mol. The third-order valence-corrected chi connectivity index (χ3v) is 3.10. The SMILES string of the molecule is Nc1cncc(Br)c1Nc1cc(Cl)cc(Cl)c1. The average Bonchev–Trinajstić information content (AvgIpc) is 2.22. The molecule has 0 radical (unpaired) electrons. The molecular formula is C11H8BrCl2N3. The van der Waals surface area contributed by atoms with E-state index < -0.39 is 0 Å². The van der Waals surface area contributed by atoms with Crippen LogP contribution in [0.5, 0.6) is 0 Å². The van der Waals surface area contributed by atoms with Crippen molar-refractivity contribution in [2.75, 3.05) is 11.1 Å². The molecule has 2 aromatic rings. The maximum atomic E-state index is 5.92. The zero-order chi connectivity index (χ0) is 12.4. The third-order valence-electron chi connectivity index (χ3n) is 2.06. The van der Waals surface area contributed by atoms with Gasteiger partial charge in [-0.15, -0.1) is 0 Å². The number of nitrogen functional groups attached to an aromatic ring is 1. The van der Waals surface area contributed by atoms with Crippen molar-refractivity contribution >= 4 is 56.2 Å². The summed E-state index contributed by atoms with van der Waals surface area (Å²) in [7, 11) is 0. The molecule has 0 saturated carbocycles. The molecule has 88 valence electrons. The molecule has 3 N–H and O–H groups in total. The maximum Gasteiger partial charge on any atom is 0.0794 e. The van der Waals surface area contributed by atoms with Crippen LogP contribution in [0.1, 0.15) is 0 Å². The summed E-state index contributed by atoms with van der Waals surface area (Å²) in [6.45, 7) is 0. The van der Waals surface area contributed by atoms with Crippen molar-refractivity contribution in [1.29, 1.82) is 0 Å². The minimum Gasteiger partial charge on any atom is -0.396 e. The van der Waals surface area contributed by atoms with Gasteiger partial charge in [-0.1, -0.05) is 23.2 Å². The third kappa shape index (κ3) is 3.03. The first-order valence-corrected chi connectivity index (χ1v) is 6.23. The van der Waals surface area contributed by atoms with Crippen LogP contribution in [-0.4, -0.2) is 4.98 Å². The lowest BCUT2D eigenvalue weighted by Gasteiger charge is -2.11. The summed E-state index contributed by atoms with van der Waals surface area (Å²) in [5.74, 6) is 0. The van der Waals surface area contributed by atoms with Gasteiger partial charge in [0, 0.05) is 21.9 Å². The van der Waals surface area contributed by atoms with Gasteiger partial charge in [0.05, 0.1) is 22.0 Å². The number of hydrogen-bond acceptors (Lipinski definition) is 3. The Morgan fingerprint density at radius 1 is 1.12 bits per heavy atom. The Hall–Kier alpha value is -0.970. The second-order valence-corrected chi connectivity index (χ2v) is 5.10. The van der Waals surface area contributed by atoms with Crippen LogP contribution in [0.2, 0.25) is 10.0 Å². The molecule has 0 amide bonds. The van der Waals surface area contributed by atoms with Crippen LogP contribution in [0, 0.1) is 0 Å². The van der Waals surface area contributed by atoms with Crippen LogP contribution in [0.3, 0.4) is 0 Å². The molecule has 0 unspecified atom stereocenters. The van der Waals surface area contributed by atoms with Gasteiger partial charge in [0.2, 0.25) is 0 Å². The summed E-state index contributed by atoms with van der Waals surface area (Å²) in [5.41, 5.74) is 7.86. The van der Waals surface area contributed by atoms with E-state index in [4.69, 9.17) is 28.9 Å². The molecule has 0 aliphatic rings. The number of hydrogen-bond donors (Lipinski definition) is 2. The van der Waals surface area contributed by atoms with Gasteiger partial charge in [-0.05, 0) is 34.1 Å². The van der Waals surface area contributed by atoms with Crippen LogP contribution in [0.15, 0.2) is 35.1 Å². The smallest absolute Gasteiger partial charge is 0.0794 e. The second-order valence-electron chi connectivity index (χ2n) is 3.37. The number of nitrogens with one attached hydrogen (secondary N) is 1. The van der Waals surface area contributed by atoms with Gasteiger partial charge in [0.1, 0.15) is 0 Å². The summed E-state index contributed by atoms with van der Waals surface area (Å²) in [5, 5.41) is 4.26. The minimum absolute atomic E-state index is 0.537. The van der Waals surface area contributed by atoms with Gasteiger partial charge < -0.3 is 11.1 Å². The Balaban J connectivity index is 2.38. The molecule has 1 aromatic heterocycles. The van der Waals surface area contributed by atoms with Crippen LogP contribution < -0.4 is 11.1 Å². The van der Waals surface area contributed by atoms with Crippen LogP contribution in [0.4, 0.5) is 17.1 Å². The van der Waals surface area contributed by atoms with E-state index in [1.807, 2.05) is 0 Å². The van der Waals surface area contributed by atoms with E-state index in [-0.39, 0.29) is 0 Å². The standard InChI is InChI=1S/C11H8BrCl2N3/c12-9-4-16-5-10(15)11(9)17-8-2-6(13)1-7(14)3-8/h1-5H,15H2,(H,16,17). The first-order valence-electron chi connectivity index (χ1n) is 4.68. The highest BCUT2D eigenvalue weighted by molar-refractivity contribution is 9.10. The quantitative estimate of drug-likeness (QED) is 0.852. The number of rotatable bonds is 2. The lowest BCUT2D eigenvalue weighted by molar-refractivity contribution is 1.31. The van der Waals surface area contributed by atoms with E-state index >= 15 is 0 Å². The summed E-state index contributed by atoms with van der Waals surface area (Å²) < 4.78 is 0.772. The molecule has 0 spiro atoms. The fraction of sp³-hybridized carbons (Fsp3) is 0. The molecule has 0 bridgehead atoms. The Bertz CT molecular complexity index is 520. The number of nitrogens with two attached hydrogens (primary N) is 1. The number of pyridine rings is 1. The fourth-order valence-corrected chi connectivity index (χ4v) is 2.32. The molecule has 0 aliphatic carbocycles. The monoisotopic (exact) mass is 331 g/mol. The van der Waals surface area contributed by atoms with Gasteiger partial charge >= 0.3 is 0 Å². The second kappa shape index (κ2) is 5.12. The van der Waals surface area contributed by atoms with Crippen molar-refractivity contribution in [2.24, 2.45) is 0 Å². The van der Waals surface area contributed by atoms with Gasteiger partial charge in [0.15, 0.2) is 0 Å². The molecule has 0 fully saturated rings. The van der Waals surface area contributed by atoms with Crippen LogP contribution in [-0.2, 0) is 0 Å². The molecule has 17 heavy (non-hydrogen) atoms. The van der Waals surface area contributed by atoms with Gasteiger partial charge in [-0.3, -0.25) is 4.98 Å². The predicted molar refractivity (Wildman–Crippen MR) is 76.1 cm³/mol. The highest BCUT2D eigenvalue weighted by Crippen LogP contribution is 2.32. The highest BCUT2D eigenvalue weighted by atomic mass is 79.9. The number of nitrogens with zero attached hydrogens (tertiary/aromatic N) is 1. The zero-order valence-corrected chi connectivity index (χ0v) is 11.6. The summed E-state index contributed by atoms with van der Waals surface area (Å²) >= 11 is 15.2. The van der Waals surface area contributed by atoms with E-state index in [0.717, 1.165) is 15.8 Å². The van der Waals surface area contributed by atoms with Gasteiger partial charge in [-0.2, -0.15) is 0 Å². The number of benzene rings is 1. The summed E-state index contributed by atoms with van der Waals surface area (Å²) in [4.78, 5) is 3.96. The molecule has 1 aromatic carbocycles. The van der Waals surface area contributed by atoms with Gasteiger partial charge in [-0.25, -0.2) is 0 Å². The molecular weight excluding hydrogens is 325 g/mol. The van der Waals surface area contributed by atoms with E-state index in [2.05, 4.69) is 26.2 Å². The predicted octanol–water partition coefficient (Wildman–Crippen LogP) is 4.48. The van der Waals surface area contributed by atoms with Crippen molar-refractivity contribution in [3.63, 3.8) is 0 Å². The number of aromatic nitrogens is 1. The van der Waals surface area contributed by atoms with E-state index in [9.17, 15) is 0 Å². The normalized spacial score (nSPS) is 10.3. The zero-order valence-electron chi connectivity index (χ0n) is 8.55. The molecule has 0 saturated heterocycles. The molecule has 1 heterocycles. The minimum atomic E-state index is 0.537. The molecule has 0 atom stereocenters. The maximum absolute atomic E-state index is 5.92. The Kier molecular flexibility index (Phi) is 3.76. The first-order chi connectivity index (χ1) is 8.06. The van der Waals surface area contributed by atoms with Crippen molar-refractivity contribution in [2.45, 2.75) is 0 Å². The van der Waals surface area contributed by atoms with Crippen LogP contribution >= 0.6 is 39.1 Å². The number of anilines is 3. The molecule has 3 nitrogen and oxygen atoms in total. The lowest BCUT2D eigenvalue weighted by Crippen LogP contribution is -1.98. The lowest BCUT2D eigenvalue weighted by atomic mass is 10.3. The van der Waals surface area contributed by atoms with Crippen LogP contribution in [0.25, 0.3) is 0 Å². The van der Waals surface area contributed by atoms with Crippen molar-refractivity contribution in [3.05, 3.63) is 45.1 Å². The fourth-order valence-electron chi connectivity index (χ4n) is 1.35. The number of halogens is 3. The Morgan fingerprint density at radius 2 is 1.76 bits per heavy atom. The van der Waals surface area contributed by atoms with Crippen molar-refractivity contribution in [3.8, 4) is 0 Å². The molecule has 0 aliphatic heterocycles. The van der Waals surface area contributed by atoms with E-state index in [0.29, 0.717) is 15.7 Å². The molecule has 2 rings (SSSR count). The Morgan fingerprint density at radius 3 is 2.35 bits per heavy atom. The summed E-state index contributed by atoms with van der Waals surface area (Å²) in [6.07, 6.45) is 3.23. The van der Waals surface area contributed by atoms with Gasteiger partial charge in [0.25, 0.3) is 0 Å². The first kappa shape index (κ1) is 12.5. The summed E-state index contributed by atoms with van der Waals surface area (Å²) in [6, 6.07) is 5.19. The van der Waals surface area contributed by atoms with Crippen molar-refractivity contribution < 1.29 is 0 Å². The molecule has 6 heteroatoms. The van der Waals surface area contributed by atoms with E-state index in [1.165, 1.54) is 0 Å². The Labute approximate surface area is 117 Å². The largest absolute Gasteiger partial charge is 0.396 e.